The first-order valence-corrected chi connectivity index (χ1v) is 10.8. The molecular formula is C22H32N6O. The number of aryl methyl sites for hydroxylation is 2. The van der Waals surface area contributed by atoms with Gasteiger partial charge in [0.15, 0.2) is 0 Å². The molecule has 0 saturated carbocycles. The molecule has 2 aromatic heterocycles. The van der Waals surface area contributed by atoms with Crippen LogP contribution in [0.15, 0.2) is 12.3 Å². The molecule has 0 unspecified atom stereocenters. The average Bonchev–Trinajstić information content (AvgIpc) is 3.05. The van der Waals surface area contributed by atoms with Crippen molar-refractivity contribution >= 4 is 5.91 Å². The number of piperidine rings is 1. The number of likely N-dealkylation sites (tertiary alicyclic amines) is 1. The first-order chi connectivity index (χ1) is 13.9. The lowest BCUT2D eigenvalue weighted by atomic mass is 10.0. The molecule has 1 saturated heterocycles. The standard InChI is InChI=1S/C22H32N6O/c1-15-11-16(2)28(25-15)17(3)12-21(29)27-10-8-19-18(14-27)13-23-22(24-19)20-7-5-6-9-26(20)4/h11,13,17,20H,5-10,12,14H2,1-4H3/t17-,20+/m1/s1. The normalized spacial score (nSPS) is 21.1. The molecule has 29 heavy (non-hydrogen) atoms. The average molecular weight is 397 g/mol. The fourth-order valence-corrected chi connectivity index (χ4v) is 4.67. The second-order valence-electron chi connectivity index (χ2n) is 8.68. The van der Waals surface area contributed by atoms with E-state index < -0.39 is 0 Å². The van der Waals surface area contributed by atoms with Crippen molar-refractivity contribution in [2.24, 2.45) is 0 Å². The number of hydrogen-bond acceptors (Lipinski definition) is 5. The lowest BCUT2D eigenvalue weighted by Gasteiger charge is -2.33. The molecule has 1 amide bonds. The van der Waals surface area contributed by atoms with Crippen molar-refractivity contribution in [1.82, 2.24) is 29.5 Å². The maximum absolute atomic E-state index is 12.9. The third kappa shape index (κ3) is 4.20. The Bertz CT molecular complexity index is 891. The van der Waals surface area contributed by atoms with Crippen LogP contribution >= 0.6 is 0 Å². The van der Waals surface area contributed by atoms with E-state index in [1.165, 1.54) is 12.8 Å². The van der Waals surface area contributed by atoms with E-state index in [9.17, 15) is 4.79 Å². The maximum atomic E-state index is 12.9. The molecule has 7 nitrogen and oxygen atoms in total. The maximum Gasteiger partial charge on any atom is 0.225 e. The quantitative estimate of drug-likeness (QED) is 0.795. The SMILES string of the molecule is Cc1cc(C)n([C@H](C)CC(=O)N2CCc3nc([C@@H]4CCCCN4C)ncc3C2)n1. The molecule has 0 aromatic carbocycles. The molecule has 0 aliphatic carbocycles. The number of nitrogens with zero attached hydrogens (tertiary/aromatic N) is 6. The molecule has 4 rings (SSSR count). The number of rotatable bonds is 4. The number of carbonyl (C=O) groups excluding carboxylic acids is 1. The number of hydrogen-bond donors (Lipinski definition) is 0. The van der Waals surface area contributed by atoms with Gasteiger partial charge in [0.2, 0.25) is 5.91 Å². The summed E-state index contributed by atoms with van der Waals surface area (Å²) in [6.45, 7) is 8.53. The highest BCUT2D eigenvalue weighted by Crippen LogP contribution is 2.28. The number of aromatic nitrogens is 4. The molecule has 0 radical (unpaired) electrons. The van der Waals surface area contributed by atoms with Crippen LogP contribution in [-0.2, 0) is 17.8 Å². The van der Waals surface area contributed by atoms with Crippen molar-refractivity contribution in [2.75, 3.05) is 20.1 Å². The van der Waals surface area contributed by atoms with Gasteiger partial charge in [-0.25, -0.2) is 9.97 Å². The van der Waals surface area contributed by atoms with Crippen LogP contribution in [0.3, 0.4) is 0 Å². The zero-order valence-electron chi connectivity index (χ0n) is 18.1. The Hall–Kier alpha value is -2.28. The summed E-state index contributed by atoms with van der Waals surface area (Å²) in [7, 11) is 2.16. The van der Waals surface area contributed by atoms with Gasteiger partial charge < -0.3 is 4.90 Å². The van der Waals surface area contributed by atoms with E-state index in [4.69, 9.17) is 4.98 Å². The fourth-order valence-electron chi connectivity index (χ4n) is 4.67. The summed E-state index contributed by atoms with van der Waals surface area (Å²) in [5.74, 6) is 1.12. The van der Waals surface area contributed by atoms with Gasteiger partial charge in [0.1, 0.15) is 5.82 Å². The first-order valence-electron chi connectivity index (χ1n) is 10.8. The Morgan fingerprint density at radius 3 is 2.83 bits per heavy atom. The molecule has 2 atom stereocenters. The lowest BCUT2D eigenvalue weighted by Crippen LogP contribution is -2.38. The molecule has 7 heteroatoms. The van der Waals surface area contributed by atoms with Crippen molar-refractivity contribution in [1.29, 1.82) is 0 Å². The predicted molar refractivity (Wildman–Crippen MR) is 111 cm³/mol. The van der Waals surface area contributed by atoms with Crippen LogP contribution in [0.25, 0.3) is 0 Å². The molecule has 0 spiro atoms. The Labute approximate surface area is 173 Å². The zero-order chi connectivity index (χ0) is 20.5. The molecule has 156 valence electrons. The number of carbonyl (C=O) groups is 1. The van der Waals surface area contributed by atoms with Gasteiger partial charge in [-0.2, -0.15) is 5.10 Å². The summed E-state index contributed by atoms with van der Waals surface area (Å²) >= 11 is 0. The van der Waals surface area contributed by atoms with Crippen LogP contribution in [0.5, 0.6) is 0 Å². The van der Waals surface area contributed by atoms with E-state index in [0.29, 0.717) is 19.0 Å². The highest BCUT2D eigenvalue weighted by atomic mass is 16.2. The van der Waals surface area contributed by atoms with Gasteiger partial charge in [0.05, 0.1) is 23.5 Å². The zero-order valence-corrected chi connectivity index (χ0v) is 18.1. The molecule has 0 N–H and O–H groups in total. The smallest absolute Gasteiger partial charge is 0.225 e. The monoisotopic (exact) mass is 396 g/mol. The van der Waals surface area contributed by atoms with Gasteiger partial charge in [-0.15, -0.1) is 0 Å². The largest absolute Gasteiger partial charge is 0.338 e. The molecule has 1 fully saturated rings. The summed E-state index contributed by atoms with van der Waals surface area (Å²) in [6, 6.07) is 2.44. The molecule has 2 aromatic rings. The Morgan fingerprint density at radius 2 is 2.10 bits per heavy atom. The minimum absolute atomic E-state index is 0.0538. The Balaban J connectivity index is 1.42. The Kier molecular flexibility index (Phi) is 5.67. The van der Waals surface area contributed by atoms with Gasteiger partial charge >= 0.3 is 0 Å². The van der Waals surface area contributed by atoms with Crippen molar-refractivity contribution in [3.05, 3.63) is 40.7 Å². The van der Waals surface area contributed by atoms with E-state index >= 15 is 0 Å². The van der Waals surface area contributed by atoms with Gasteiger partial charge in [-0.05, 0) is 53.3 Å². The van der Waals surface area contributed by atoms with Crippen LogP contribution in [0.2, 0.25) is 0 Å². The van der Waals surface area contributed by atoms with E-state index in [0.717, 1.165) is 54.4 Å². The summed E-state index contributed by atoms with van der Waals surface area (Å²) in [5, 5.41) is 4.53. The number of fused-ring (bicyclic) bond motifs is 1. The van der Waals surface area contributed by atoms with E-state index in [1.807, 2.05) is 29.6 Å². The van der Waals surface area contributed by atoms with Crippen molar-refractivity contribution in [2.45, 2.75) is 71.5 Å². The fraction of sp³-hybridized carbons (Fsp3) is 0.636. The molecule has 2 aliphatic rings. The van der Waals surface area contributed by atoms with Crippen molar-refractivity contribution in [3.63, 3.8) is 0 Å². The summed E-state index contributed by atoms with van der Waals surface area (Å²) in [6.07, 6.45) is 6.84. The van der Waals surface area contributed by atoms with E-state index in [1.54, 1.807) is 0 Å². The summed E-state index contributed by atoms with van der Waals surface area (Å²) in [4.78, 5) is 26.8. The van der Waals surface area contributed by atoms with Crippen LogP contribution < -0.4 is 0 Å². The third-order valence-corrected chi connectivity index (χ3v) is 6.31. The number of amides is 1. The second kappa shape index (κ2) is 8.22. The highest BCUT2D eigenvalue weighted by Gasteiger charge is 2.27. The molecule has 0 bridgehead atoms. The topological polar surface area (TPSA) is 67.2 Å². The highest BCUT2D eigenvalue weighted by molar-refractivity contribution is 5.76. The second-order valence-corrected chi connectivity index (χ2v) is 8.68. The van der Waals surface area contributed by atoms with E-state index in [2.05, 4.69) is 35.0 Å². The van der Waals surface area contributed by atoms with Gasteiger partial charge in [0.25, 0.3) is 0 Å². The third-order valence-electron chi connectivity index (χ3n) is 6.31. The summed E-state index contributed by atoms with van der Waals surface area (Å²) in [5.41, 5.74) is 4.29. The minimum Gasteiger partial charge on any atom is -0.338 e. The van der Waals surface area contributed by atoms with Crippen LogP contribution in [0, 0.1) is 13.8 Å². The molecule has 4 heterocycles. The van der Waals surface area contributed by atoms with Crippen molar-refractivity contribution in [3.8, 4) is 0 Å². The molecule has 2 aliphatic heterocycles. The van der Waals surface area contributed by atoms with Crippen LogP contribution in [0.4, 0.5) is 0 Å². The van der Waals surface area contributed by atoms with E-state index in [-0.39, 0.29) is 11.9 Å². The first kappa shape index (κ1) is 20.0. The summed E-state index contributed by atoms with van der Waals surface area (Å²) < 4.78 is 1.96. The van der Waals surface area contributed by atoms with Gasteiger partial charge in [-0.1, -0.05) is 6.42 Å². The predicted octanol–water partition coefficient (Wildman–Crippen LogP) is 2.98. The van der Waals surface area contributed by atoms with Gasteiger partial charge in [-0.3, -0.25) is 14.4 Å². The Morgan fingerprint density at radius 1 is 1.28 bits per heavy atom. The van der Waals surface area contributed by atoms with Crippen molar-refractivity contribution < 1.29 is 4.79 Å². The molecular weight excluding hydrogens is 364 g/mol. The van der Waals surface area contributed by atoms with Crippen LogP contribution in [0.1, 0.15) is 73.2 Å². The minimum atomic E-state index is 0.0538. The van der Waals surface area contributed by atoms with Crippen LogP contribution in [-0.4, -0.2) is 55.6 Å². The lowest BCUT2D eigenvalue weighted by molar-refractivity contribution is -0.133. The van der Waals surface area contributed by atoms with Gasteiger partial charge in [0, 0.05) is 43.4 Å².